The molecule has 0 aliphatic rings. The molecule has 1 aromatic heterocycles. The molecule has 2 rings (SSSR count). The molecule has 0 atom stereocenters. The van der Waals surface area contributed by atoms with E-state index in [4.69, 9.17) is 0 Å². The standard InChI is InChI=1S/C14H12FNO2/c1-10-3-2-8-16(14(10)18)9-13(17)11-4-6-12(15)7-5-11/h2-8H,9H2,1H3. The number of hydrogen-bond donors (Lipinski definition) is 0. The van der Waals surface area contributed by atoms with E-state index in [0.717, 1.165) is 0 Å². The Kier molecular flexibility index (Phi) is 3.37. The van der Waals surface area contributed by atoms with E-state index < -0.39 is 0 Å². The van der Waals surface area contributed by atoms with Crippen LogP contribution in [0.4, 0.5) is 4.39 Å². The van der Waals surface area contributed by atoms with Gasteiger partial charge in [0.05, 0.1) is 6.54 Å². The van der Waals surface area contributed by atoms with Crippen molar-refractivity contribution in [3.05, 3.63) is 69.9 Å². The van der Waals surface area contributed by atoms with Crippen LogP contribution in [0.3, 0.4) is 0 Å². The highest BCUT2D eigenvalue weighted by Gasteiger charge is 2.08. The maximum absolute atomic E-state index is 12.7. The number of halogens is 1. The Morgan fingerprint density at radius 2 is 1.89 bits per heavy atom. The smallest absolute Gasteiger partial charge is 0.253 e. The SMILES string of the molecule is Cc1cccn(CC(=O)c2ccc(F)cc2)c1=O. The molecule has 0 aliphatic carbocycles. The van der Waals surface area contributed by atoms with Crippen molar-refractivity contribution in [2.75, 3.05) is 0 Å². The lowest BCUT2D eigenvalue weighted by molar-refractivity contribution is 0.0971. The Hall–Kier alpha value is -2.23. The maximum atomic E-state index is 12.7. The largest absolute Gasteiger partial charge is 0.308 e. The van der Waals surface area contributed by atoms with Crippen LogP contribution in [0.5, 0.6) is 0 Å². The number of carbonyl (C=O) groups is 1. The number of aryl methyl sites for hydroxylation is 1. The molecule has 0 amide bonds. The van der Waals surface area contributed by atoms with E-state index in [1.807, 2.05) is 0 Å². The molecule has 0 spiro atoms. The minimum atomic E-state index is -0.390. The quantitative estimate of drug-likeness (QED) is 0.777. The molecule has 0 saturated heterocycles. The van der Waals surface area contributed by atoms with Gasteiger partial charge >= 0.3 is 0 Å². The number of hydrogen-bond acceptors (Lipinski definition) is 2. The third-order valence-electron chi connectivity index (χ3n) is 2.69. The summed E-state index contributed by atoms with van der Waals surface area (Å²) in [5.41, 5.74) is 0.794. The minimum absolute atomic E-state index is 0.0356. The van der Waals surface area contributed by atoms with Crippen molar-refractivity contribution in [2.24, 2.45) is 0 Å². The van der Waals surface area contributed by atoms with Gasteiger partial charge in [-0.3, -0.25) is 9.59 Å². The number of benzene rings is 1. The topological polar surface area (TPSA) is 39.1 Å². The molecule has 0 N–H and O–H groups in total. The first kappa shape index (κ1) is 12.2. The molecule has 0 aliphatic heterocycles. The van der Waals surface area contributed by atoms with Crippen LogP contribution in [-0.2, 0) is 6.54 Å². The fourth-order valence-corrected chi connectivity index (χ4v) is 1.66. The van der Waals surface area contributed by atoms with Gasteiger partial charge in [0, 0.05) is 17.3 Å². The summed E-state index contributed by atoms with van der Waals surface area (Å²) in [6.07, 6.45) is 1.57. The fourth-order valence-electron chi connectivity index (χ4n) is 1.66. The normalized spacial score (nSPS) is 10.3. The first-order valence-electron chi connectivity index (χ1n) is 5.53. The Labute approximate surface area is 104 Å². The monoisotopic (exact) mass is 245 g/mol. The van der Waals surface area contributed by atoms with Gasteiger partial charge in [-0.2, -0.15) is 0 Å². The summed E-state index contributed by atoms with van der Waals surface area (Å²) in [6, 6.07) is 8.70. The molecular formula is C14H12FNO2. The van der Waals surface area contributed by atoms with Crippen LogP contribution in [0.1, 0.15) is 15.9 Å². The van der Waals surface area contributed by atoms with Crippen molar-refractivity contribution >= 4 is 5.78 Å². The summed E-state index contributed by atoms with van der Waals surface area (Å²) in [5.74, 6) is -0.609. The summed E-state index contributed by atoms with van der Waals surface area (Å²) in [6.45, 7) is 1.66. The van der Waals surface area contributed by atoms with Crippen LogP contribution in [0.15, 0.2) is 47.4 Å². The van der Waals surface area contributed by atoms with Gasteiger partial charge in [-0.15, -0.1) is 0 Å². The van der Waals surface area contributed by atoms with Crippen molar-refractivity contribution in [2.45, 2.75) is 13.5 Å². The van der Waals surface area contributed by atoms with E-state index in [1.165, 1.54) is 28.8 Å². The van der Waals surface area contributed by atoms with Crippen molar-refractivity contribution in [1.29, 1.82) is 0 Å². The lowest BCUT2D eigenvalue weighted by Crippen LogP contribution is -2.25. The Morgan fingerprint density at radius 3 is 2.56 bits per heavy atom. The van der Waals surface area contributed by atoms with E-state index in [9.17, 15) is 14.0 Å². The lowest BCUT2D eigenvalue weighted by Gasteiger charge is -2.05. The van der Waals surface area contributed by atoms with Gasteiger partial charge in [0.15, 0.2) is 5.78 Å². The van der Waals surface area contributed by atoms with E-state index in [2.05, 4.69) is 0 Å². The third kappa shape index (κ3) is 2.53. The Morgan fingerprint density at radius 1 is 1.22 bits per heavy atom. The van der Waals surface area contributed by atoms with Crippen LogP contribution in [0.25, 0.3) is 0 Å². The number of rotatable bonds is 3. The highest BCUT2D eigenvalue weighted by molar-refractivity contribution is 5.95. The van der Waals surface area contributed by atoms with Crippen molar-refractivity contribution in [3.63, 3.8) is 0 Å². The van der Waals surface area contributed by atoms with Gasteiger partial charge in [0.25, 0.3) is 5.56 Å². The Balaban J connectivity index is 2.24. The zero-order valence-electron chi connectivity index (χ0n) is 9.89. The number of ketones is 1. The number of nitrogens with zero attached hydrogens (tertiary/aromatic N) is 1. The molecule has 4 heteroatoms. The summed E-state index contributed by atoms with van der Waals surface area (Å²) < 4.78 is 14.1. The second-order valence-electron chi connectivity index (χ2n) is 4.05. The molecular weight excluding hydrogens is 233 g/mol. The predicted molar refractivity (Wildman–Crippen MR) is 66.2 cm³/mol. The maximum Gasteiger partial charge on any atom is 0.253 e. The van der Waals surface area contributed by atoms with Gasteiger partial charge < -0.3 is 4.57 Å². The van der Waals surface area contributed by atoms with Crippen LogP contribution in [0, 0.1) is 12.7 Å². The van der Waals surface area contributed by atoms with E-state index >= 15 is 0 Å². The summed E-state index contributed by atoms with van der Waals surface area (Å²) >= 11 is 0. The molecule has 18 heavy (non-hydrogen) atoms. The fraction of sp³-hybridized carbons (Fsp3) is 0.143. The van der Waals surface area contributed by atoms with Crippen LogP contribution in [-0.4, -0.2) is 10.4 Å². The average Bonchev–Trinajstić information content (AvgIpc) is 2.36. The van der Waals surface area contributed by atoms with Crippen molar-refractivity contribution in [1.82, 2.24) is 4.57 Å². The molecule has 2 aromatic rings. The number of Topliss-reactive ketones (excluding diaryl/α,β-unsaturated/α-hetero) is 1. The van der Waals surface area contributed by atoms with E-state index in [0.29, 0.717) is 11.1 Å². The Bertz CT molecular complexity index is 629. The van der Waals surface area contributed by atoms with E-state index in [1.54, 1.807) is 25.3 Å². The number of carbonyl (C=O) groups excluding carboxylic acids is 1. The zero-order chi connectivity index (χ0) is 13.1. The van der Waals surface area contributed by atoms with Gasteiger partial charge in [0.2, 0.25) is 0 Å². The van der Waals surface area contributed by atoms with E-state index in [-0.39, 0.29) is 23.7 Å². The average molecular weight is 245 g/mol. The van der Waals surface area contributed by atoms with Gasteiger partial charge in [-0.1, -0.05) is 6.07 Å². The first-order valence-corrected chi connectivity index (χ1v) is 5.53. The van der Waals surface area contributed by atoms with Crippen LogP contribution < -0.4 is 5.56 Å². The van der Waals surface area contributed by atoms with Crippen molar-refractivity contribution in [3.8, 4) is 0 Å². The van der Waals surface area contributed by atoms with Gasteiger partial charge in [0.1, 0.15) is 5.82 Å². The van der Waals surface area contributed by atoms with Crippen molar-refractivity contribution < 1.29 is 9.18 Å². The molecule has 92 valence electrons. The number of aromatic nitrogens is 1. The molecule has 0 bridgehead atoms. The van der Waals surface area contributed by atoms with Gasteiger partial charge in [-0.05, 0) is 37.3 Å². The van der Waals surface area contributed by atoms with Crippen LogP contribution in [0.2, 0.25) is 0 Å². The second-order valence-corrected chi connectivity index (χ2v) is 4.05. The molecule has 0 unspecified atom stereocenters. The molecule has 0 saturated carbocycles. The highest BCUT2D eigenvalue weighted by Crippen LogP contribution is 2.04. The summed E-state index contributed by atoms with van der Waals surface area (Å²) in [7, 11) is 0. The van der Waals surface area contributed by atoms with Crippen LogP contribution >= 0.6 is 0 Å². The molecule has 3 nitrogen and oxygen atoms in total. The van der Waals surface area contributed by atoms with Gasteiger partial charge in [-0.25, -0.2) is 4.39 Å². The summed E-state index contributed by atoms with van der Waals surface area (Å²) in [4.78, 5) is 23.6. The molecule has 0 radical (unpaired) electrons. The highest BCUT2D eigenvalue weighted by atomic mass is 19.1. The first-order chi connectivity index (χ1) is 8.58. The lowest BCUT2D eigenvalue weighted by atomic mass is 10.1. The minimum Gasteiger partial charge on any atom is -0.308 e. The molecule has 1 aromatic carbocycles. The second kappa shape index (κ2) is 4.96. The summed E-state index contributed by atoms with van der Waals surface area (Å²) in [5, 5.41) is 0. The predicted octanol–water partition coefficient (Wildman–Crippen LogP) is 2.18. The number of pyridine rings is 1. The zero-order valence-corrected chi connectivity index (χ0v) is 9.89. The molecule has 0 fully saturated rings. The third-order valence-corrected chi connectivity index (χ3v) is 2.69. The molecule has 1 heterocycles.